The van der Waals surface area contributed by atoms with E-state index >= 15 is 0 Å². The highest BCUT2D eigenvalue weighted by Gasteiger charge is 2.26. The Morgan fingerprint density at radius 3 is 2.90 bits per heavy atom. The van der Waals surface area contributed by atoms with E-state index in [4.69, 9.17) is 10.5 Å². The minimum absolute atomic E-state index is 0.0654. The van der Waals surface area contributed by atoms with Crippen LogP contribution in [0.3, 0.4) is 0 Å². The summed E-state index contributed by atoms with van der Waals surface area (Å²) in [5.74, 6) is 0.629. The molecule has 20 heavy (non-hydrogen) atoms. The van der Waals surface area contributed by atoms with E-state index in [0.29, 0.717) is 23.0 Å². The highest BCUT2D eigenvalue weighted by Crippen LogP contribution is 2.27. The van der Waals surface area contributed by atoms with Crippen molar-refractivity contribution in [3.63, 3.8) is 0 Å². The molecule has 0 aliphatic carbocycles. The lowest BCUT2D eigenvalue weighted by Crippen LogP contribution is -2.39. The zero-order valence-corrected chi connectivity index (χ0v) is 12.4. The van der Waals surface area contributed by atoms with Crippen LogP contribution in [-0.2, 0) is 0 Å². The summed E-state index contributed by atoms with van der Waals surface area (Å²) in [5, 5.41) is 0. The third kappa shape index (κ3) is 3.06. The van der Waals surface area contributed by atoms with Crippen molar-refractivity contribution in [2.45, 2.75) is 45.1 Å². The molecule has 1 unspecified atom stereocenters. The number of hydrogen-bond donors (Lipinski definition) is 1. The summed E-state index contributed by atoms with van der Waals surface area (Å²) in [6.07, 6.45) is 5.60. The highest BCUT2D eigenvalue weighted by molar-refractivity contribution is 5.97. The number of likely N-dealkylation sites (tertiary alicyclic amines) is 1. The number of benzene rings is 1. The van der Waals surface area contributed by atoms with Gasteiger partial charge in [-0.05, 0) is 31.4 Å². The Hall–Kier alpha value is -1.71. The minimum atomic E-state index is 0.0654. The van der Waals surface area contributed by atoms with Crippen LogP contribution < -0.4 is 10.5 Å². The third-order valence-corrected chi connectivity index (χ3v) is 4.07. The van der Waals surface area contributed by atoms with Gasteiger partial charge in [0.05, 0.1) is 12.7 Å². The standard InChI is InChI=1S/C16H24N2O2/c1-3-13-7-5-4-6-10-18(13)16(19)14-9-8-12(17)11-15(14)20-2/h8-9,11,13H,3-7,10,17H2,1-2H3. The average molecular weight is 276 g/mol. The predicted octanol–water partition coefficient (Wildman–Crippen LogP) is 3.07. The lowest BCUT2D eigenvalue weighted by Gasteiger charge is -2.30. The molecule has 1 fully saturated rings. The number of amides is 1. The Kier molecular flexibility index (Phi) is 4.88. The van der Waals surface area contributed by atoms with Crippen molar-refractivity contribution in [3.8, 4) is 5.75 Å². The maximum Gasteiger partial charge on any atom is 0.257 e. The molecular formula is C16H24N2O2. The fourth-order valence-corrected chi connectivity index (χ4v) is 2.91. The number of carbonyl (C=O) groups is 1. The van der Waals surface area contributed by atoms with Crippen molar-refractivity contribution < 1.29 is 9.53 Å². The van der Waals surface area contributed by atoms with Crippen LogP contribution in [0.15, 0.2) is 18.2 Å². The van der Waals surface area contributed by atoms with Crippen molar-refractivity contribution >= 4 is 11.6 Å². The number of methoxy groups -OCH3 is 1. The first-order chi connectivity index (χ1) is 9.67. The van der Waals surface area contributed by atoms with E-state index in [1.165, 1.54) is 12.8 Å². The molecule has 1 aromatic rings. The van der Waals surface area contributed by atoms with Gasteiger partial charge in [-0.1, -0.05) is 19.8 Å². The van der Waals surface area contributed by atoms with Gasteiger partial charge in [0.2, 0.25) is 0 Å². The summed E-state index contributed by atoms with van der Waals surface area (Å²) in [4.78, 5) is 14.8. The smallest absolute Gasteiger partial charge is 0.257 e. The van der Waals surface area contributed by atoms with Crippen molar-refractivity contribution in [3.05, 3.63) is 23.8 Å². The SMILES string of the molecule is CCC1CCCCCN1C(=O)c1ccc(N)cc1OC. The molecule has 1 heterocycles. The Morgan fingerprint density at radius 2 is 2.20 bits per heavy atom. The second kappa shape index (κ2) is 6.64. The number of rotatable bonds is 3. The number of ether oxygens (including phenoxy) is 1. The summed E-state index contributed by atoms with van der Waals surface area (Å²) in [6, 6.07) is 5.58. The largest absolute Gasteiger partial charge is 0.496 e. The van der Waals surface area contributed by atoms with Gasteiger partial charge in [-0.15, -0.1) is 0 Å². The molecule has 1 aromatic carbocycles. The number of nitrogens with zero attached hydrogens (tertiary/aromatic N) is 1. The van der Waals surface area contributed by atoms with Gasteiger partial charge >= 0.3 is 0 Å². The zero-order chi connectivity index (χ0) is 14.5. The maximum atomic E-state index is 12.8. The summed E-state index contributed by atoms with van der Waals surface area (Å²) in [5.41, 5.74) is 6.98. The molecule has 1 amide bonds. The molecule has 1 aliphatic heterocycles. The minimum Gasteiger partial charge on any atom is -0.496 e. The number of hydrogen-bond acceptors (Lipinski definition) is 3. The van der Waals surface area contributed by atoms with Crippen LogP contribution in [0.25, 0.3) is 0 Å². The van der Waals surface area contributed by atoms with Crippen molar-refractivity contribution in [2.24, 2.45) is 0 Å². The molecule has 1 aliphatic rings. The molecule has 0 bridgehead atoms. The predicted molar refractivity (Wildman–Crippen MR) is 81.0 cm³/mol. The monoisotopic (exact) mass is 276 g/mol. The summed E-state index contributed by atoms with van der Waals surface area (Å²) in [7, 11) is 1.57. The lowest BCUT2D eigenvalue weighted by molar-refractivity contribution is 0.0675. The van der Waals surface area contributed by atoms with Crippen LogP contribution in [0.2, 0.25) is 0 Å². The van der Waals surface area contributed by atoms with Crippen LogP contribution in [0.4, 0.5) is 5.69 Å². The molecule has 4 heteroatoms. The van der Waals surface area contributed by atoms with Gasteiger partial charge < -0.3 is 15.4 Å². The molecular weight excluding hydrogens is 252 g/mol. The number of anilines is 1. The summed E-state index contributed by atoms with van der Waals surface area (Å²) < 4.78 is 5.31. The van der Waals surface area contributed by atoms with E-state index in [2.05, 4.69) is 6.92 Å². The van der Waals surface area contributed by atoms with Crippen LogP contribution in [0.1, 0.15) is 49.4 Å². The Labute approximate surface area is 120 Å². The molecule has 1 atom stereocenters. The highest BCUT2D eigenvalue weighted by atomic mass is 16.5. The third-order valence-electron chi connectivity index (χ3n) is 4.07. The van der Waals surface area contributed by atoms with Crippen LogP contribution in [-0.4, -0.2) is 30.5 Å². The molecule has 1 saturated heterocycles. The van der Waals surface area contributed by atoms with E-state index in [9.17, 15) is 4.79 Å². The normalized spacial score (nSPS) is 19.5. The fraction of sp³-hybridized carbons (Fsp3) is 0.562. The molecule has 110 valence electrons. The van der Waals surface area contributed by atoms with Crippen molar-refractivity contribution in [1.82, 2.24) is 4.90 Å². The van der Waals surface area contributed by atoms with Gasteiger partial charge in [0, 0.05) is 24.3 Å². The van der Waals surface area contributed by atoms with Gasteiger partial charge in [0.25, 0.3) is 5.91 Å². The summed E-state index contributed by atoms with van der Waals surface area (Å²) >= 11 is 0. The molecule has 0 spiro atoms. The van der Waals surface area contributed by atoms with E-state index < -0.39 is 0 Å². The Morgan fingerprint density at radius 1 is 1.40 bits per heavy atom. The van der Waals surface area contributed by atoms with E-state index in [1.54, 1.807) is 25.3 Å². The molecule has 4 nitrogen and oxygen atoms in total. The number of nitrogens with two attached hydrogens (primary N) is 1. The number of nitrogen functional groups attached to an aromatic ring is 1. The van der Waals surface area contributed by atoms with Gasteiger partial charge in [-0.3, -0.25) is 4.79 Å². The van der Waals surface area contributed by atoms with Gasteiger partial charge in [0.15, 0.2) is 0 Å². The van der Waals surface area contributed by atoms with Gasteiger partial charge in [-0.2, -0.15) is 0 Å². The zero-order valence-electron chi connectivity index (χ0n) is 12.4. The molecule has 0 aromatic heterocycles. The molecule has 2 N–H and O–H groups in total. The lowest BCUT2D eigenvalue weighted by atomic mass is 10.1. The van der Waals surface area contributed by atoms with Gasteiger partial charge in [-0.25, -0.2) is 0 Å². The number of carbonyl (C=O) groups excluding carboxylic acids is 1. The second-order valence-electron chi connectivity index (χ2n) is 5.37. The Balaban J connectivity index is 2.28. The quantitative estimate of drug-likeness (QED) is 0.863. The van der Waals surface area contributed by atoms with Crippen LogP contribution in [0.5, 0.6) is 5.75 Å². The molecule has 2 rings (SSSR count). The first kappa shape index (κ1) is 14.7. The van der Waals surface area contributed by atoms with Crippen LogP contribution >= 0.6 is 0 Å². The van der Waals surface area contributed by atoms with Crippen molar-refractivity contribution in [2.75, 3.05) is 19.4 Å². The topological polar surface area (TPSA) is 55.6 Å². The fourth-order valence-electron chi connectivity index (χ4n) is 2.91. The maximum absolute atomic E-state index is 12.8. The first-order valence-corrected chi connectivity index (χ1v) is 7.41. The van der Waals surface area contributed by atoms with Crippen molar-refractivity contribution in [1.29, 1.82) is 0 Å². The summed E-state index contributed by atoms with van der Waals surface area (Å²) in [6.45, 7) is 2.99. The van der Waals surface area contributed by atoms with E-state index in [1.807, 2.05) is 4.90 Å². The van der Waals surface area contributed by atoms with E-state index in [-0.39, 0.29) is 5.91 Å². The Bertz CT molecular complexity index is 474. The molecule has 0 saturated carbocycles. The average Bonchev–Trinajstić information content (AvgIpc) is 2.71. The second-order valence-corrected chi connectivity index (χ2v) is 5.37. The van der Waals surface area contributed by atoms with E-state index in [0.717, 1.165) is 25.8 Å². The molecule has 0 radical (unpaired) electrons. The van der Waals surface area contributed by atoms with Gasteiger partial charge in [0.1, 0.15) is 5.75 Å². The van der Waals surface area contributed by atoms with Crippen LogP contribution in [0, 0.1) is 0 Å². The first-order valence-electron chi connectivity index (χ1n) is 7.41.